The molecule has 0 radical (unpaired) electrons. The van der Waals surface area contributed by atoms with Gasteiger partial charge in [0.25, 0.3) is 0 Å². The summed E-state index contributed by atoms with van der Waals surface area (Å²) in [6.45, 7) is 19.0. The number of anilines is 2. The van der Waals surface area contributed by atoms with Crippen LogP contribution in [0.2, 0.25) is 11.1 Å². The zero-order chi connectivity index (χ0) is 41.2. The number of aliphatic hydroxyl groups is 4. The van der Waals surface area contributed by atoms with Crippen LogP contribution in [0.25, 0.3) is 0 Å². The van der Waals surface area contributed by atoms with E-state index >= 15 is 0 Å². The topological polar surface area (TPSA) is 255 Å². The molecule has 5 heterocycles. The van der Waals surface area contributed by atoms with E-state index in [9.17, 15) is 34.5 Å². The highest BCUT2D eigenvalue weighted by Gasteiger charge is 2.60. The van der Waals surface area contributed by atoms with Gasteiger partial charge >= 0.3 is 19.9 Å². The van der Waals surface area contributed by atoms with Gasteiger partial charge in [-0.1, -0.05) is 55.4 Å². The summed E-state index contributed by atoms with van der Waals surface area (Å²) in [5.74, 6) is -1.59. The predicted molar refractivity (Wildman–Crippen MR) is 199 cm³/mol. The molecule has 0 aliphatic carbocycles. The first kappa shape index (κ1) is 44.3. The molecule has 55 heavy (non-hydrogen) atoms. The van der Waals surface area contributed by atoms with Crippen LogP contribution in [0, 0.1) is 11.8 Å². The van der Waals surface area contributed by atoms with Crippen molar-refractivity contribution in [3.63, 3.8) is 0 Å². The Balaban J connectivity index is 0.000000284. The molecule has 2 aromatic heterocycles. The van der Waals surface area contributed by atoms with Crippen molar-refractivity contribution in [3.05, 3.63) is 45.5 Å². The normalized spacial score (nSPS) is 28.7. The van der Waals surface area contributed by atoms with Crippen molar-refractivity contribution in [1.82, 2.24) is 19.1 Å². The molecule has 8 atom stereocenters. The molecule has 19 nitrogen and oxygen atoms in total. The van der Waals surface area contributed by atoms with Crippen molar-refractivity contribution in [2.75, 3.05) is 23.8 Å². The summed E-state index contributed by atoms with van der Waals surface area (Å²) in [7, 11) is -2.81. The monoisotopic (exact) mass is 796 g/mol. The summed E-state index contributed by atoms with van der Waals surface area (Å²) in [5.41, 5.74) is -1.12. The molecule has 2 unspecified atom stereocenters. The quantitative estimate of drug-likeness (QED) is 0.194. The maximum atomic E-state index is 12.7. The van der Waals surface area contributed by atoms with E-state index in [1.807, 2.05) is 27.7 Å². The number of ether oxygens (including phenoxy) is 3. The molecule has 3 aliphatic rings. The summed E-state index contributed by atoms with van der Waals surface area (Å²) in [6.07, 6.45) is -5.63. The van der Waals surface area contributed by atoms with Crippen molar-refractivity contribution < 1.29 is 53.1 Å². The van der Waals surface area contributed by atoms with Crippen molar-refractivity contribution in [3.8, 4) is 0 Å². The van der Waals surface area contributed by atoms with Crippen LogP contribution in [-0.4, -0.2) is 116 Å². The van der Waals surface area contributed by atoms with Gasteiger partial charge in [0.1, 0.15) is 48.3 Å². The van der Waals surface area contributed by atoms with Crippen LogP contribution in [0.3, 0.4) is 0 Å². The van der Waals surface area contributed by atoms with Crippen LogP contribution < -0.4 is 22.0 Å². The Morgan fingerprint density at radius 2 is 1.29 bits per heavy atom. The zero-order valence-corrected chi connectivity index (χ0v) is 33.9. The van der Waals surface area contributed by atoms with Crippen LogP contribution in [-0.2, 0) is 32.7 Å². The number of hydrogen-bond acceptors (Lipinski definition) is 15. The lowest BCUT2D eigenvalue weighted by Crippen LogP contribution is -2.64. The van der Waals surface area contributed by atoms with E-state index in [2.05, 4.69) is 48.3 Å². The third-order valence-corrected chi connectivity index (χ3v) is 14.4. The zero-order valence-electron chi connectivity index (χ0n) is 32.9. The summed E-state index contributed by atoms with van der Waals surface area (Å²) in [4.78, 5) is 54.2. The molecular formula is C35H56N6O13Si. The molecule has 5 rings (SSSR count). The Morgan fingerprint density at radius 3 is 1.67 bits per heavy atom. The van der Waals surface area contributed by atoms with Gasteiger partial charge in [-0.3, -0.25) is 18.7 Å². The Hall–Kier alpha value is -3.44. The Kier molecular flexibility index (Phi) is 14.3. The van der Waals surface area contributed by atoms with Crippen LogP contribution in [0.1, 0.15) is 81.7 Å². The molecule has 0 spiro atoms. The first-order valence-corrected chi connectivity index (χ1v) is 20.4. The number of hydrogen-bond donors (Lipinski definition) is 6. The number of carbonyl (C=O) groups excluding carboxylic acids is 2. The molecule has 308 valence electrons. The summed E-state index contributed by atoms with van der Waals surface area (Å²) in [5, 5.41) is 44.6. The number of carbonyl (C=O) groups is 2. The van der Waals surface area contributed by atoms with E-state index in [-0.39, 0.29) is 53.0 Å². The fraction of sp³-hybridized carbons (Fsp3) is 0.714. The van der Waals surface area contributed by atoms with Gasteiger partial charge in [-0.05, 0) is 23.2 Å². The largest absolute Gasteiger partial charge is 0.394 e. The van der Waals surface area contributed by atoms with Gasteiger partial charge in [0.15, 0.2) is 18.2 Å². The van der Waals surface area contributed by atoms with Crippen LogP contribution in [0.15, 0.2) is 34.1 Å². The maximum Gasteiger partial charge on any atom is 0.351 e. The second-order valence-electron chi connectivity index (χ2n) is 15.2. The number of rotatable bonds is 9. The number of amides is 2. The van der Waals surface area contributed by atoms with Gasteiger partial charge < -0.3 is 54.1 Å². The molecule has 0 saturated carbocycles. The first-order chi connectivity index (χ1) is 25.7. The van der Waals surface area contributed by atoms with Crippen molar-refractivity contribution >= 4 is 32.0 Å². The van der Waals surface area contributed by atoms with Gasteiger partial charge in [0.05, 0.1) is 13.2 Å². The minimum Gasteiger partial charge on any atom is -0.394 e. The minimum atomic E-state index is -2.81. The highest BCUT2D eigenvalue weighted by molar-refractivity contribution is 6.70. The summed E-state index contributed by atoms with van der Waals surface area (Å²) < 4.78 is 34.0. The van der Waals surface area contributed by atoms with E-state index in [4.69, 9.17) is 28.2 Å². The third-order valence-electron chi connectivity index (χ3n) is 9.97. The van der Waals surface area contributed by atoms with E-state index in [1.54, 1.807) is 0 Å². The minimum absolute atomic E-state index is 0.0400. The van der Waals surface area contributed by atoms with Crippen molar-refractivity contribution in [2.24, 2.45) is 11.8 Å². The lowest BCUT2D eigenvalue weighted by atomic mass is 9.91. The summed E-state index contributed by atoms with van der Waals surface area (Å²) in [6, 6.07) is 2.85. The number of aromatic nitrogens is 4. The fourth-order valence-electron chi connectivity index (χ4n) is 7.19. The smallest absolute Gasteiger partial charge is 0.351 e. The predicted octanol–water partition coefficient (Wildman–Crippen LogP) is 0.976. The van der Waals surface area contributed by atoms with Gasteiger partial charge in [-0.25, -0.2) is 9.59 Å². The Labute approximate surface area is 320 Å². The van der Waals surface area contributed by atoms with E-state index in [0.717, 1.165) is 4.57 Å². The first-order valence-electron chi connectivity index (χ1n) is 18.4. The van der Waals surface area contributed by atoms with E-state index in [1.165, 1.54) is 42.9 Å². The molecule has 2 amide bonds. The lowest BCUT2D eigenvalue weighted by Gasteiger charge is -2.52. The van der Waals surface area contributed by atoms with E-state index < -0.39 is 81.4 Å². The lowest BCUT2D eigenvalue weighted by molar-refractivity contribution is -0.297. The molecular weight excluding hydrogens is 741 g/mol. The fourth-order valence-corrected chi connectivity index (χ4v) is 11.2. The Morgan fingerprint density at radius 1 is 0.818 bits per heavy atom. The molecule has 0 bridgehead atoms. The maximum absolute atomic E-state index is 12.7. The molecule has 0 aromatic carbocycles. The molecule has 3 fully saturated rings. The second-order valence-corrected chi connectivity index (χ2v) is 19.5. The summed E-state index contributed by atoms with van der Waals surface area (Å²) >= 11 is 0. The number of nitrogens with one attached hydrogen (secondary N) is 2. The van der Waals surface area contributed by atoms with Crippen LogP contribution >= 0.6 is 0 Å². The van der Waals surface area contributed by atoms with Gasteiger partial charge in [-0.15, -0.1) is 0 Å². The highest BCUT2D eigenvalue weighted by atomic mass is 28.4. The SMILES string of the molecule is CC(=O)Nc1ccn([C@@H]2O[C@@H]3CO[Si](C(C)C)(C(C)C)OC(C(C)C)(C(C)C)O[C@@H]3C2O)c(=O)n1.CC(=O)Nc1ccn([C@@H]2O[C@H](CO)[C@H](O)C2O)c(=O)n1. The van der Waals surface area contributed by atoms with Gasteiger partial charge in [0, 0.05) is 38.1 Å². The number of nitrogens with zero attached hydrogens (tertiary/aromatic N) is 4. The van der Waals surface area contributed by atoms with Crippen molar-refractivity contribution in [1.29, 1.82) is 0 Å². The molecule has 3 saturated heterocycles. The molecule has 2 aromatic rings. The average Bonchev–Trinajstić information content (AvgIpc) is 3.53. The third kappa shape index (κ3) is 9.24. The molecule has 20 heteroatoms. The van der Waals surface area contributed by atoms with Gasteiger partial charge in [-0.2, -0.15) is 9.97 Å². The van der Waals surface area contributed by atoms with Crippen LogP contribution in [0.4, 0.5) is 11.6 Å². The molecule has 6 N–H and O–H groups in total. The number of aliphatic hydroxyl groups excluding tert-OH is 4. The van der Waals surface area contributed by atoms with E-state index in [0.29, 0.717) is 0 Å². The molecule has 3 aliphatic heterocycles. The van der Waals surface area contributed by atoms with Crippen LogP contribution in [0.5, 0.6) is 0 Å². The standard InChI is InChI=1S/C24H41N3O7Si.C11H15N3O6/c1-13(2)24(14(3)4)33-21-18(12-31-35(34-24,15(5)6)16(7)8)32-22(20(21)29)27-11-10-19(25-17(9)28)26-23(27)30;1-5(16)12-7-2-3-14(11(19)13-7)10-9(18)8(17)6(4-15)20-10/h10-11,13-16,18,20-22,29H,12H2,1-9H3,(H,25,26,28,30);2-3,6,8-10,15,17-18H,4H2,1H3,(H,12,13,16,19)/t18-,20?,21+,22-;6-,8+,9?,10-/m11/s1. The van der Waals surface area contributed by atoms with Crippen molar-refractivity contribution in [2.45, 2.75) is 135 Å². The second kappa shape index (κ2) is 17.8. The van der Waals surface area contributed by atoms with Gasteiger partial charge in [0.2, 0.25) is 11.8 Å². The highest BCUT2D eigenvalue weighted by Crippen LogP contribution is 2.48. The Bertz CT molecular complexity index is 1750. The average molecular weight is 797 g/mol. The number of fused-ring (bicyclic) bond motifs is 1.